The lowest BCUT2D eigenvalue weighted by Crippen LogP contribution is -2.26. The number of benzene rings is 2. The Morgan fingerprint density at radius 1 is 1.04 bits per heavy atom. The zero-order valence-electron chi connectivity index (χ0n) is 15.3. The van der Waals surface area contributed by atoms with Crippen LogP contribution in [0.25, 0.3) is 10.2 Å². The van der Waals surface area contributed by atoms with Gasteiger partial charge in [-0.15, -0.1) is 11.3 Å². The number of aromatic nitrogens is 2. The van der Waals surface area contributed by atoms with Gasteiger partial charge in [0.1, 0.15) is 16.5 Å². The third-order valence-electron chi connectivity index (χ3n) is 5.34. The summed E-state index contributed by atoms with van der Waals surface area (Å²) in [5, 5.41) is 0.769. The SMILES string of the molecule is O=c1c2c3c(sc2nc(Cc2ccccc2)n1Cc1cccc(F)c1)CCC3. The van der Waals surface area contributed by atoms with Gasteiger partial charge in [0.2, 0.25) is 0 Å². The van der Waals surface area contributed by atoms with Crippen molar-refractivity contribution in [2.45, 2.75) is 32.2 Å². The lowest BCUT2D eigenvalue weighted by atomic mass is 10.1. The zero-order valence-corrected chi connectivity index (χ0v) is 16.1. The van der Waals surface area contributed by atoms with E-state index in [1.165, 1.54) is 22.6 Å². The maximum Gasteiger partial charge on any atom is 0.262 e. The third-order valence-corrected chi connectivity index (χ3v) is 6.52. The van der Waals surface area contributed by atoms with Gasteiger partial charge in [0.25, 0.3) is 5.56 Å². The van der Waals surface area contributed by atoms with Crippen molar-refractivity contribution in [2.75, 3.05) is 0 Å². The molecular weight excluding hydrogens is 371 g/mol. The Kier molecular flexibility index (Phi) is 4.32. The third kappa shape index (κ3) is 3.06. The van der Waals surface area contributed by atoms with Gasteiger partial charge in [-0.1, -0.05) is 42.5 Å². The van der Waals surface area contributed by atoms with Gasteiger partial charge in [0.15, 0.2) is 0 Å². The van der Waals surface area contributed by atoms with Gasteiger partial charge in [0.05, 0.1) is 11.9 Å². The monoisotopic (exact) mass is 390 g/mol. The van der Waals surface area contributed by atoms with E-state index in [-0.39, 0.29) is 11.4 Å². The van der Waals surface area contributed by atoms with Gasteiger partial charge < -0.3 is 0 Å². The molecule has 0 amide bonds. The molecule has 0 fully saturated rings. The largest absolute Gasteiger partial charge is 0.291 e. The Morgan fingerprint density at radius 2 is 1.86 bits per heavy atom. The van der Waals surface area contributed by atoms with E-state index < -0.39 is 0 Å². The number of fused-ring (bicyclic) bond motifs is 3. The second kappa shape index (κ2) is 6.99. The summed E-state index contributed by atoms with van der Waals surface area (Å²) in [7, 11) is 0. The first kappa shape index (κ1) is 17.3. The first-order valence-corrected chi connectivity index (χ1v) is 10.3. The van der Waals surface area contributed by atoms with Crippen LogP contribution in [0.4, 0.5) is 4.39 Å². The van der Waals surface area contributed by atoms with Crippen LogP contribution in [0.1, 0.15) is 33.8 Å². The quantitative estimate of drug-likeness (QED) is 0.505. The van der Waals surface area contributed by atoms with Crippen molar-refractivity contribution < 1.29 is 4.39 Å². The van der Waals surface area contributed by atoms with Crippen molar-refractivity contribution in [3.8, 4) is 0 Å². The zero-order chi connectivity index (χ0) is 19.1. The van der Waals surface area contributed by atoms with Gasteiger partial charge in [-0.2, -0.15) is 0 Å². The summed E-state index contributed by atoms with van der Waals surface area (Å²) in [5.41, 5.74) is 3.05. The van der Waals surface area contributed by atoms with Gasteiger partial charge >= 0.3 is 0 Å². The van der Waals surface area contributed by atoms with E-state index in [1.54, 1.807) is 22.0 Å². The van der Waals surface area contributed by atoms with Crippen molar-refractivity contribution in [3.63, 3.8) is 0 Å². The molecule has 1 aliphatic rings. The van der Waals surface area contributed by atoms with Crippen molar-refractivity contribution in [2.24, 2.45) is 0 Å². The molecule has 0 radical (unpaired) electrons. The summed E-state index contributed by atoms with van der Waals surface area (Å²) >= 11 is 1.66. The number of aryl methyl sites for hydroxylation is 2. The molecule has 1 aliphatic carbocycles. The molecule has 3 nitrogen and oxygen atoms in total. The normalized spacial score (nSPS) is 13.2. The molecule has 4 aromatic rings. The van der Waals surface area contributed by atoms with Crippen LogP contribution in [0, 0.1) is 5.82 Å². The highest BCUT2D eigenvalue weighted by molar-refractivity contribution is 7.18. The highest BCUT2D eigenvalue weighted by atomic mass is 32.1. The minimum atomic E-state index is -0.291. The standard InChI is InChI=1S/C23H19FN2OS/c24-17-9-4-8-16(12-17)14-26-20(13-15-6-2-1-3-7-15)25-22-21(23(26)27)18-10-5-11-19(18)28-22/h1-4,6-9,12H,5,10-11,13-14H2. The molecule has 140 valence electrons. The lowest BCUT2D eigenvalue weighted by molar-refractivity contribution is 0.620. The molecule has 0 atom stereocenters. The summed E-state index contributed by atoms with van der Waals surface area (Å²) in [6, 6.07) is 16.5. The van der Waals surface area contributed by atoms with Crippen molar-refractivity contribution in [3.05, 3.63) is 98.2 Å². The van der Waals surface area contributed by atoms with Crippen LogP contribution in [0.2, 0.25) is 0 Å². The van der Waals surface area contributed by atoms with Gasteiger partial charge in [0, 0.05) is 11.3 Å². The number of nitrogens with zero attached hydrogens (tertiary/aromatic N) is 2. The van der Waals surface area contributed by atoms with Crippen LogP contribution in [0.15, 0.2) is 59.4 Å². The molecule has 0 bridgehead atoms. The fourth-order valence-electron chi connectivity index (χ4n) is 4.01. The first-order valence-electron chi connectivity index (χ1n) is 9.51. The van der Waals surface area contributed by atoms with Crippen LogP contribution in [0.5, 0.6) is 0 Å². The summed E-state index contributed by atoms with van der Waals surface area (Å²) in [5.74, 6) is 0.438. The highest BCUT2D eigenvalue weighted by Gasteiger charge is 2.23. The summed E-state index contributed by atoms with van der Waals surface area (Å²) in [6.45, 7) is 0.326. The van der Waals surface area contributed by atoms with Crippen LogP contribution < -0.4 is 5.56 Å². The number of thiophene rings is 1. The average molecular weight is 390 g/mol. The highest BCUT2D eigenvalue weighted by Crippen LogP contribution is 2.35. The van der Waals surface area contributed by atoms with E-state index in [9.17, 15) is 9.18 Å². The molecule has 0 saturated heterocycles. The molecule has 0 unspecified atom stereocenters. The van der Waals surface area contributed by atoms with E-state index in [1.807, 2.05) is 36.4 Å². The van der Waals surface area contributed by atoms with Crippen LogP contribution in [-0.2, 0) is 25.8 Å². The van der Waals surface area contributed by atoms with Crippen molar-refractivity contribution >= 4 is 21.6 Å². The fraction of sp³-hybridized carbons (Fsp3) is 0.217. The first-order chi connectivity index (χ1) is 13.7. The summed E-state index contributed by atoms with van der Waals surface area (Å²) < 4.78 is 15.4. The molecule has 5 rings (SSSR count). The van der Waals surface area contributed by atoms with Gasteiger partial charge in [-0.3, -0.25) is 9.36 Å². The Balaban J connectivity index is 1.68. The molecule has 2 aromatic carbocycles. The number of hydrogen-bond donors (Lipinski definition) is 0. The molecule has 0 spiro atoms. The average Bonchev–Trinajstić information content (AvgIpc) is 3.26. The maximum atomic E-state index is 13.7. The Bertz CT molecular complexity index is 1230. The number of rotatable bonds is 4. The topological polar surface area (TPSA) is 34.9 Å². The molecule has 5 heteroatoms. The summed E-state index contributed by atoms with van der Waals surface area (Å²) in [6.07, 6.45) is 3.66. The van der Waals surface area contributed by atoms with E-state index in [4.69, 9.17) is 4.98 Å². The molecule has 0 aliphatic heterocycles. The van der Waals surface area contributed by atoms with Crippen LogP contribution in [0.3, 0.4) is 0 Å². The second-order valence-electron chi connectivity index (χ2n) is 7.25. The molecule has 2 heterocycles. The van der Waals surface area contributed by atoms with E-state index in [0.29, 0.717) is 13.0 Å². The smallest absolute Gasteiger partial charge is 0.262 e. The van der Waals surface area contributed by atoms with E-state index >= 15 is 0 Å². The number of hydrogen-bond acceptors (Lipinski definition) is 3. The second-order valence-corrected chi connectivity index (χ2v) is 8.33. The number of halogens is 1. The van der Waals surface area contributed by atoms with Gasteiger partial charge in [-0.25, -0.2) is 9.37 Å². The van der Waals surface area contributed by atoms with E-state index in [0.717, 1.165) is 46.4 Å². The summed E-state index contributed by atoms with van der Waals surface area (Å²) in [4.78, 5) is 20.5. The predicted octanol–water partition coefficient (Wildman–Crippen LogP) is 4.72. The molecule has 0 saturated carbocycles. The molecular formula is C23H19FN2OS. The Hall–Kier alpha value is -2.79. The Morgan fingerprint density at radius 3 is 2.68 bits per heavy atom. The fourth-order valence-corrected chi connectivity index (χ4v) is 5.28. The predicted molar refractivity (Wildman–Crippen MR) is 111 cm³/mol. The van der Waals surface area contributed by atoms with Gasteiger partial charge in [-0.05, 0) is 48.1 Å². The van der Waals surface area contributed by atoms with E-state index in [2.05, 4.69) is 0 Å². The molecule has 0 N–H and O–H groups in total. The minimum absolute atomic E-state index is 0.000377. The minimum Gasteiger partial charge on any atom is -0.291 e. The Labute approximate surface area is 166 Å². The molecule has 2 aromatic heterocycles. The molecule has 28 heavy (non-hydrogen) atoms. The maximum absolute atomic E-state index is 13.7. The van der Waals surface area contributed by atoms with Crippen LogP contribution in [-0.4, -0.2) is 9.55 Å². The van der Waals surface area contributed by atoms with Crippen LogP contribution >= 0.6 is 11.3 Å². The lowest BCUT2D eigenvalue weighted by Gasteiger charge is -2.13. The van der Waals surface area contributed by atoms with Crippen molar-refractivity contribution in [1.29, 1.82) is 0 Å². The van der Waals surface area contributed by atoms with Crippen molar-refractivity contribution in [1.82, 2.24) is 9.55 Å².